The summed E-state index contributed by atoms with van der Waals surface area (Å²) in [6, 6.07) is 9.70. The molecule has 0 aromatic heterocycles. The van der Waals surface area contributed by atoms with Crippen LogP contribution in [-0.4, -0.2) is 11.7 Å². The number of fused-ring (bicyclic) bond motifs is 2. The Morgan fingerprint density at radius 1 is 1.04 bits per heavy atom. The summed E-state index contributed by atoms with van der Waals surface area (Å²) in [6.45, 7) is 4.24. The van der Waals surface area contributed by atoms with Crippen molar-refractivity contribution in [1.82, 2.24) is 5.32 Å². The fraction of sp³-hybridized carbons (Fsp3) is 0.455. The molecular weight excluding hydrogens is 310 g/mol. The minimum atomic E-state index is -0.973. The lowest BCUT2D eigenvalue weighted by Gasteiger charge is -2.52. The largest absolute Gasteiger partial charge is 0.331 e. The van der Waals surface area contributed by atoms with Crippen LogP contribution in [0.3, 0.4) is 0 Å². The zero-order valence-electron chi connectivity index (χ0n) is 14.9. The first kappa shape index (κ1) is 16.3. The van der Waals surface area contributed by atoms with Gasteiger partial charge in [-0.15, -0.1) is 0 Å². The Morgan fingerprint density at radius 3 is 2.56 bits per heavy atom. The number of allylic oxidation sites excluding steroid dienone is 3. The number of nitrogens with one attached hydrogen (secondary N) is 1. The van der Waals surface area contributed by atoms with Gasteiger partial charge in [0, 0.05) is 11.8 Å². The molecule has 25 heavy (non-hydrogen) atoms. The smallest absolute Gasteiger partial charge is 0.238 e. The molecule has 3 nitrogen and oxygen atoms in total. The van der Waals surface area contributed by atoms with Crippen molar-refractivity contribution < 1.29 is 9.59 Å². The molecule has 1 amide bonds. The molecule has 0 radical (unpaired) electrons. The highest BCUT2D eigenvalue weighted by Gasteiger charge is 2.61. The number of ketones is 1. The molecule has 1 aromatic carbocycles. The van der Waals surface area contributed by atoms with Crippen molar-refractivity contribution in [2.75, 3.05) is 0 Å². The Morgan fingerprint density at radius 2 is 1.80 bits per heavy atom. The molecule has 1 spiro atoms. The average Bonchev–Trinajstić information content (AvgIpc) is 2.62. The monoisotopic (exact) mass is 335 g/mol. The Balaban J connectivity index is 1.86. The van der Waals surface area contributed by atoms with Gasteiger partial charge < -0.3 is 5.32 Å². The molecular formula is C22H25NO2. The number of carbonyl (C=O) groups is 2. The van der Waals surface area contributed by atoms with Crippen LogP contribution in [0.2, 0.25) is 0 Å². The Hall–Kier alpha value is -2.16. The van der Waals surface area contributed by atoms with E-state index >= 15 is 0 Å². The summed E-state index contributed by atoms with van der Waals surface area (Å²) in [5.41, 5.74) is 0.548. The molecule has 1 aromatic rings. The summed E-state index contributed by atoms with van der Waals surface area (Å²) in [5.74, 6) is 0.581. The van der Waals surface area contributed by atoms with Crippen LogP contribution in [0.5, 0.6) is 0 Å². The maximum atomic E-state index is 13.8. The van der Waals surface area contributed by atoms with Crippen LogP contribution < -0.4 is 5.32 Å². The fourth-order valence-corrected chi connectivity index (χ4v) is 5.42. The van der Waals surface area contributed by atoms with Crippen LogP contribution in [0.4, 0.5) is 0 Å². The van der Waals surface area contributed by atoms with Gasteiger partial charge in [0.15, 0.2) is 5.78 Å². The predicted octanol–water partition coefficient (Wildman–Crippen LogP) is 3.97. The van der Waals surface area contributed by atoms with Crippen LogP contribution in [0.25, 0.3) is 5.57 Å². The van der Waals surface area contributed by atoms with Gasteiger partial charge in [0.05, 0.1) is 0 Å². The number of hydrogen-bond donors (Lipinski definition) is 1. The summed E-state index contributed by atoms with van der Waals surface area (Å²) in [6.07, 6.45) is 9.31. The molecule has 0 unspecified atom stereocenters. The van der Waals surface area contributed by atoms with Crippen LogP contribution in [0.1, 0.15) is 38.7 Å². The van der Waals surface area contributed by atoms with Crippen LogP contribution in [0.15, 0.2) is 48.7 Å². The summed E-state index contributed by atoms with van der Waals surface area (Å²) in [7, 11) is 0. The van der Waals surface area contributed by atoms with Crippen molar-refractivity contribution in [2.45, 2.75) is 33.1 Å². The second kappa shape index (κ2) is 5.98. The molecule has 3 heteroatoms. The number of amides is 1. The van der Waals surface area contributed by atoms with Crippen molar-refractivity contribution in [3.8, 4) is 0 Å². The first-order valence-electron chi connectivity index (χ1n) is 9.36. The van der Waals surface area contributed by atoms with E-state index in [1.165, 1.54) is 6.42 Å². The van der Waals surface area contributed by atoms with Crippen LogP contribution in [-0.2, 0) is 9.59 Å². The van der Waals surface area contributed by atoms with E-state index in [2.05, 4.69) is 24.4 Å². The minimum Gasteiger partial charge on any atom is -0.331 e. The minimum absolute atomic E-state index is 0.00282. The third-order valence-corrected chi connectivity index (χ3v) is 6.59. The average molecular weight is 335 g/mol. The van der Waals surface area contributed by atoms with Gasteiger partial charge in [-0.05, 0) is 35.7 Å². The van der Waals surface area contributed by atoms with E-state index in [9.17, 15) is 9.59 Å². The molecule has 1 N–H and O–H groups in total. The van der Waals surface area contributed by atoms with Gasteiger partial charge >= 0.3 is 0 Å². The number of hydrogen-bond acceptors (Lipinski definition) is 2. The van der Waals surface area contributed by atoms with Crippen molar-refractivity contribution in [2.24, 2.45) is 29.1 Å². The third kappa shape index (κ3) is 2.25. The molecule has 1 fully saturated rings. The van der Waals surface area contributed by atoms with E-state index in [4.69, 9.17) is 0 Å². The summed E-state index contributed by atoms with van der Waals surface area (Å²) in [5, 5.41) is 2.95. The molecule has 130 valence electrons. The Labute approximate surface area is 149 Å². The number of benzene rings is 1. The SMILES string of the molecule is C[C@@H]1CCC[C@H]2C=C[C@@H](C)[C@]3(C(=O)NC=C(c4ccccc4)C3=O)[C@@H]12. The first-order valence-corrected chi connectivity index (χ1v) is 9.36. The summed E-state index contributed by atoms with van der Waals surface area (Å²) < 4.78 is 0. The summed E-state index contributed by atoms with van der Waals surface area (Å²) in [4.78, 5) is 26.9. The number of rotatable bonds is 1. The summed E-state index contributed by atoms with van der Waals surface area (Å²) >= 11 is 0. The third-order valence-electron chi connectivity index (χ3n) is 6.59. The van der Waals surface area contributed by atoms with Gasteiger partial charge in [0.25, 0.3) is 0 Å². The van der Waals surface area contributed by atoms with Gasteiger partial charge in [0.1, 0.15) is 5.41 Å². The first-order chi connectivity index (χ1) is 12.1. The molecule has 0 saturated heterocycles. The topological polar surface area (TPSA) is 46.2 Å². The van der Waals surface area contributed by atoms with E-state index in [-0.39, 0.29) is 23.5 Å². The lowest BCUT2D eigenvalue weighted by Crippen LogP contribution is -2.61. The maximum Gasteiger partial charge on any atom is 0.238 e. The molecule has 1 aliphatic heterocycles. The van der Waals surface area contributed by atoms with Crippen LogP contribution in [0, 0.1) is 29.1 Å². The molecule has 1 heterocycles. The number of carbonyl (C=O) groups excluding carboxylic acids is 2. The van der Waals surface area contributed by atoms with Gasteiger partial charge in [-0.25, -0.2) is 0 Å². The van der Waals surface area contributed by atoms with Gasteiger partial charge in [-0.1, -0.05) is 69.2 Å². The highest BCUT2D eigenvalue weighted by molar-refractivity contribution is 6.32. The molecule has 1 saturated carbocycles. The van der Waals surface area contributed by atoms with Crippen molar-refractivity contribution in [3.05, 3.63) is 54.2 Å². The lowest BCUT2D eigenvalue weighted by atomic mass is 9.50. The number of Topliss-reactive ketones (excluding diaryl/α,β-unsaturated/α-hetero) is 1. The van der Waals surface area contributed by atoms with E-state index in [1.54, 1.807) is 6.20 Å². The molecule has 0 bridgehead atoms. The Kier molecular flexibility index (Phi) is 3.90. The van der Waals surface area contributed by atoms with Crippen molar-refractivity contribution in [1.29, 1.82) is 0 Å². The van der Waals surface area contributed by atoms with E-state index < -0.39 is 5.41 Å². The zero-order valence-corrected chi connectivity index (χ0v) is 14.9. The maximum absolute atomic E-state index is 13.8. The predicted molar refractivity (Wildman–Crippen MR) is 98.3 cm³/mol. The van der Waals surface area contributed by atoms with E-state index in [0.717, 1.165) is 18.4 Å². The molecule has 2 aliphatic carbocycles. The van der Waals surface area contributed by atoms with E-state index in [1.807, 2.05) is 37.3 Å². The quantitative estimate of drug-likeness (QED) is 0.623. The zero-order chi connectivity index (χ0) is 17.6. The molecule has 3 aliphatic rings. The molecule has 5 atom stereocenters. The standard InChI is InChI=1S/C22H25NO2/c1-14-7-6-10-17-12-11-15(2)22(19(14)17)20(24)18(13-23-21(22)25)16-8-4-3-5-9-16/h3-5,8-9,11-15,17,19H,6-7,10H2,1-2H3,(H,23,25)/t14-,15-,17+,19+,22+/m1/s1. The normalized spacial score (nSPS) is 37.4. The lowest BCUT2D eigenvalue weighted by molar-refractivity contribution is -0.152. The van der Waals surface area contributed by atoms with Gasteiger partial charge in [-0.2, -0.15) is 0 Å². The van der Waals surface area contributed by atoms with Crippen LogP contribution >= 0.6 is 0 Å². The van der Waals surface area contributed by atoms with Gasteiger partial charge in [0.2, 0.25) is 5.91 Å². The van der Waals surface area contributed by atoms with Gasteiger partial charge in [-0.3, -0.25) is 9.59 Å². The fourth-order valence-electron chi connectivity index (χ4n) is 5.42. The molecule has 4 rings (SSSR count). The highest BCUT2D eigenvalue weighted by Crippen LogP contribution is 2.56. The second-order valence-electron chi connectivity index (χ2n) is 7.87. The van der Waals surface area contributed by atoms with E-state index in [0.29, 0.717) is 17.4 Å². The highest BCUT2D eigenvalue weighted by atomic mass is 16.2. The Bertz CT molecular complexity index is 763. The van der Waals surface area contributed by atoms with Crippen molar-refractivity contribution >= 4 is 17.3 Å². The van der Waals surface area contributed by atoms with Crippen molar-refractivity contribution in [3.63, 3.8) is 0 Å². The second-order valence-corrected chi connectivity index (χ2v) is 7.87.